The Morgan fingerprint density at radius 3 is 2.31 bits per heavy atom. The van der Waals surface area contributed by atoms with E-state index in [1.165, 1.54) is 0 Å². The predicted octanol–water partition coefficient (Wildman–Crippen LogP) is 1.96. The fraction of sp³-hybridized carbons (Fsp3) is 1.00. The molecule has 0 saturated carbocycles. The summed E-state index contributed by atoms with van der Waals surface area (Å²) in [4.78, 5) is 0. The van der Waals surface area contributed by atoms with Gasteiger partial charge in [-0.15, -0.1) is 0 Å². The lowest BCUT2D eigenvalue weighted by atomic mass is 10.3. The summed E-state index contributed by atoms with van der Waals surface area (Å²) in [7, 11) is 1.60. The van der Waals surface area contributed by atoms with Crippen LogP contribution in [0.3, 0.4) is 0 Å². The van der Waals surface area contributed by atoms with Crippen LogP contribution in [-0.2, 0) is 4.74 Å². The van der Waals surface area contributed by atoms with Gasteiger partial charge in [-0.25, -0.2) is 0 Å². The fourth-order valence-corrected chi connectivity index (χ4v) is 0.880. The fourth-order valence-electron chi connectivity index (χ4n) is 0.880. The van der Waals surface area contributed by atoms with Gasteiger partial charge < -0.3 is 10.1 Å². The summed E-state index contributed by atoms with van der Waals surface area (Å²) < 4.78 is 39.7. The molecule has 0 spiro atoms. The Morgan fingerprint density at radius 1 is 1.15 bits per heavy atom. The number of hydrogen-bond donors (Lipinski definition) is 1. The molecule has 0 atom stereocenters. The lowest BCUT2D eigenvalue weighted by Crippen LogP contribution is -2.20. The standard InChI is InChI=1S/C8H16F3NO/c1-13-7-3-6-12-5-2-4-8(9,10)11/h12H,2-7H2,1H3. The van der Waals surface area contributed by atoms with Gasteiger partial charge in [-0.1, -0.05) is 0 Å². The van der Waals surface area contributed by atoms with Crippen LogP contribution >= 0.6 is 0 Å². The van der Waals surface area contributed by atoms with Crippen LogP contribution in [-0.4, -0.2) is 33.0 Å². The van der Waals surface area contributed by atoms with Gasteiger partial charge in [-0.2, -0.15) is 13.2 Å². The summed E-state index contributed by atoms with van der Waals surface area (Å²) in [6, 6.07) is 0. The smallest absolute Gasteiger partial charge is 0.385 e. The van der Waals surface area contributed by atoms with Crippen LogP contribution in [0.5, 0.6) is 0 Å². The van der Waals surface area contributed by atoms with Gasteiger partial charge in [0.25, 0.3) is 0 Å². The van der Waals surface area contributed by atoms with Crippen molar-refractivity contribution in [3.63, 3.8) is 0 Å². The second-order valence-corrected chi connectivity index (χ2v) is 2.82. The van der Waals surface area contributed by atoms with Crippen molar-refractivity contribution in [3.8, 4) is 0 Å². The van der Waals surface area contributed by atoms with E-state index in [4.69, 9.17) is 4.74 Å². The molecule has 0 heterocycles. The van der Waals surface area contributed by atoms with Gasteiger partial charge in [-0.3, -0.25) is 0 Å². The number of hydrogen-bond acceptors (Lipinski definition) is 2. The summed E-state index contributed by atoms with van der Waals surface area (Å²) in [5.74, 6) is 0. The minimum Gasteiger partial charge on any atom is -0.385 e. The molecule has 0 unspecified atom stereocenters. The van der Waals surface area contributed by atoms with Crippen LogP contribution in [0.15, 0.2) is 0 Å². The zero-order valence-corrected chi connectivity index (χ0v) is 7.78. The Balaban J connectivity index is 3.00. The number of ether oxygens (including phenoxy) is 1. The molecule has 0 saturated heterocycles. The van der Waals surface area contributed by atoms with E-state index in [9.17, 15) is 13.2 Å². The summed E-state index contributed by atoms with van der Waals surface area (Å²) in [6.45, 7) is 1.78. The lowest BCUT2D eigenvalue weighted by molar-refractivity contribution is -0.135. The SMILES string of the molecule is COCCCNCCCC(F)(F)F. The van der Waals surface area contributed by atoms with Gasteiger partial charge >= 0.3 is 6.18 Å². The molecule has 0 aromatic rings. The molecule has 0 aliphatic rings. The van der Waals surface area contributed by atoms with E-state index in [1.807, 2.05) is 0 Å². The first-order valence-electron chi connectivity index (χ1n) is 4.32. The van der Waals surface area contributed by atoms with Crippen LogP contribution in [0.1, 0.15) is 19.3 Å². The summed E-state index contributed by atoms with van der Waals surface area (Å²) >= 11 is 0. The van der Waals surface area contributed by atoms with Crippen LogP contribution in [0.2, 0.25) is 0 Å². The molecule has 0 radical (unpaired) electrons. The number of halogens is 3. The highest BCUT2D eigenvalue weighted by atomic mass is 19.4. The molecule has 0 amide bonds. The Kier molecular flexibility index (Phi) is 6.99. The lowest BCUT2D eigenvalue weighted by Gasteiger charge is -2.06. The van der Waals surface area contributed by atoms with Crippen molar-refractivity contribution in [2.45, 2.75) is 25.4 Å². The Morgan fingerprint density at radius 2 is 1.77 bits per heavy atom. The quantitative estimate of drug-likeness (QED) is 0.633. The molecule has 0 aliphatic heterocycles. The molecular weight excluding hydrogens is 183 g/mol. The summed E-state index contributed by atoms with van der Waals surface area (Å²) in [5.41, 5.74) is 0. The highest BCUT2D eigenvalue weighted by molar-refractivity contribution is 4.53. The number of nitrogens with one attached hydrogen (secondary N) is 1. The molecule has 0 bridgehead atoms. The van der Waals surface area contributed by atoms with E-state index in [0.29, 0.717) is 19.7 Å². The first kappa shape index (κ1) is 12.7. The molecular formula is C8H16F3NO. The maximum atomic E-state index is 11.6. The highest BCUT2D eigenvalue weighted by Gasteiger charge is 2.25. The van der Waals surface area contributed by atoms with Crippen molar-refractivity contribution >= 4 is 0 Å². The van der Waals surface area contributed by atoms with E-state index in [0.717, 1.165) is 6.42 Å². The first-order chi connectivity index (χ1) is 6.06. The van der Waals surface area contributed by atoms with Gasteiger partial charge in [0.1, 0.15) is 0 Å². The number of rotatable bonds is 7. The molecule has 80 valence electrons. The van der Waals surface area contributed by atoms with E-state index in [1.54, 1.807) is 7.11 Å². The van der Waals surface area contributed by atoms with Crippen molar-refractivity contribution in [2.75, 3.05) is 26.8 Å². The van der Waals surface area contributed by atoms with E-state index < -0.39 is 12.6 Å². The molecule has 0 aliphatic carbocycles. The molecule has 1 N–H and O–H groups in total. The van der Waals surface area contributed by atoms with E-state index in [-0.39, 0.29) is 6.42 Å². The minimum absolute atomic E-state index is 0.149. The average Bonchev–Trinajstić information content (AvgIpc) is 2.01. The van der Waals surface area contributed by atoms with Gasteiger partial charge in [0.05, 0.1) is 0 Å². The van der Waals surface area contributed by atoms with E-state index >= 15 is 0 Å². The zero-order valence-electron chi connectivity index (χ0n) is 7.78. The maximum absolute atomic E-state index is 11.6. The molecule has 0 rings (SSSR count). The monoisotopic (exact) mass is 199 g/mol. The normalized spacial score (nSPS) is 12.0. The second-order valence-electron chi connectivity index (χ2n) is 2.82. The zero-order chi connectivity index (χ0) is 10.2. The van der Waals surface area contributed by atoms with Crippen LogP contribution in [0.4, 0.5) is 13.2 Å². The topological polar surface area (TPSA) is 21.3 Å². The molecule has 0 aromatic heterocycles. The Hall–Kier alpha value is -0.290. The third-order valence-corrected chi connectivity index (χ3v) is 1.52. The van der Waals surface area contributed by atoms with Crippen molar-refractivity contribution in [3.05, 3.63) is 0 Å². The summed E-state index contributed by atoms with van der Waals surface area (Å²) in [6.07, 6.45) is -3.74. The van der Waals surface area contributed by atoms with E-state index in [2.05, 4.69) is 5.32 Å². The van der Waals surface area contributed by atoms with Crippen molar-refractivity contribution < 1.29 is 17.9 Å². The largest absolute Gasteiger partial charge is 0.389 e. The molecule has 0 fully saturated rings. The maximum Gasteiger partial charge on any atom is 0.389 e. The predicted molar refractivity (Wildman–Crippen MR) is 44.7 cm³/mol. The van der Waals surface area contributed by atoms with Crippen LogP contribution in [0, 0.1) is 0 Å². The third kappa shape index (κ3) is 11.7. The Bertz CT molecular complexity index is 116. The first-order valence-corrected chi connectivity index (χ1v) is 4.32. The molecule has 0 aromatic carbocycles. The Labute approximate surface area is 76.5 Å². The van der Waals surface area contributed by atoms with Crippen molar-refractivity contribution in [1.29, 1.82) is 0 Å². The van der Waals surface area contributed by atoms with Crippen molar-refractivity contribution in [1.82, 2.24) is 5.32 Å². The third-order valence-electron chi connectivity index (χ3n) is 1.52. The van der Waals surface area contributed by atoms with Crippen LogP contribution < -0.4 is 5.32 Å². The van der Waals surface area contributed by atoms with Gasteiger partial charge in [-0.05, 0) is 25.9 Å². The average molecular weight is 199 g/mol. The van der Waals surface area contributed by atoms with Gasteiger partial charge in [0.2, 0.25) is 0 Å². The van der Waals surface area contributed by atoms with Crippen LogP contribution in [0.25, 0.3) is 0 Å². The van der Waals surface area contributed by atoms with Crippen molar-refractivity contribution in [2.24, 2.45) is 0 Å². The number of methoxy groups -OCH3 is 1. The highest BCUT2D eigenvalue weighted by Crippen LogP contribution is 2.20. The van der Waals surface area contributed by atoms with Gasteiger partial charge in [0.15, 0.2) is 0 Å². The summed E-state index contributed by atoms with van der Waals surface area (Å²) in [5, 5.41) is 2.91. The number of alkyl halides is 3. The van der Waals surface area contributed by atoms with Gasteiger partial charge in [0, 0.05) is 20.1 Å². The second kappa shape index (κ2) is 7.15. The molecule has 2 nitrogen and oxygen atoms in total. The minimum atomic E-state index is -4.02. The molecule has 5 heteroatoms. The molecule has 13 heavy (non-hydrogen) atoms.